The Bertz CT molecular complexity index is 596. The first kappa shape index (κ1) is 13.7. The van der Waals surface area contributed by atoms with Crippen LogP contribution in [-0.2, 0) is 0 Å². The zero-order valence-electron chi connectivity index (χ0n) is 12.3. The van der Waals surface area contributed by atoms with Crippen molar-refractivity contribution in [1.29, 1.82) is 0 Å². The third-order valence-electron chi connectivity index (χ3n) is 3.80. The van der Waals surface area contributed by atoms with Crippen molar-refractivity contribution in [3.63, 3.8) is 0 Å². The molecule has 8 nitrogen and oxygen atoms in total. The van der Waals surface area contributed by atoms with Gasteiger partial charge in [-0.3, -0.25) is 0 Å². The van der Waals surface area contributed by atoms with Gasteiger partial charge in [0.05, 0.1) is 0 Å². The van der Waals surface area contributed by atoms with Gasteiger partial charge in [0.25, 0.3) is 5.95 Å². The summed E-state index contributed by atoms with van der Waals surface area (Å²) in [6, 6.07) is 2.20. The number of hydrogen-bond donors (Lipinski definition) is 1. The highest BCUT2D eigenvalue weighted by atomic mass is 15.4. The third-order valence-corrected chi connectivity index (χ3v) is 3.80. The first-order chi connectivity index (χ1) is 10.1. The Kier molecular flexibility index (Phi) is 3.70. The molecule has 0 amide bonds. The fraction of sp³-hybridized carbons (Fsp3) is 0.538. The summed E-state index contributed by atoms with van der Waals surface area (Å²) in [5.74, 6) is 1.24. The highest BCUT2D eigenvalue weighted by Crippen LogP contribution is 2.18. The summed E-state index contributed by atoms with van der Waals surface area (Å²) in [4.78, 5) is 17.3. The number of nitrogens with two attached hydrogens (primary N) is 1. The van der Waals surface area contributed by atoms with Gasteiger partial charge in [0.15, 0.2) is 0 Å². The smallest absolute Gasteiger partial charge is 0.257 e. The quantitative estimate of drug-likeness (QED) is 0.861. The van der Waals surface area contributed by atoms with Gasteiger partial charge in [-0.25, -0.2) is 4.68 Å². The van der Waals surface area contributed by atoms with Crippen molar-refractivity contribution in [2.75, 3.05) is 37.8 Å². The fourth-order valence-electron chi connectivity index (χ4n) is 2.64. The van der Waals surface area contributed by atoms with E-state index in [1.807, 2.05) is 13.1 Å². The van der Waals surface area contributed by atoms with Crippen LogP contribution in [0.15, 0.2) is 18.5 Å². The molecule has 8 heteroatoms. The molecule has 1 saturated heterocycles. The lowest BCUT2D eigenvalue weighted by atomic mass is 10.1. The van der Waals surface area contributed by atoms with Crippen LogP contribution in [0.3, 0.4) is 0 Å². The molecule has 1 atom stereocenters. The molecule has 0 radical (unpaired) electrons. The number of likely N-dealkylation sites (N-methyl/N-ethyl adjacent to an activating group) is 2. The molecule has 0 saturated carbocycles. The van der Waals surface area contributed by atoms with E-state index in [-0.39, 0.29) is 5.95 Å². The maximum Gasteiger partial charge on any atom is 0.257 e. The Hall–Kier alpha value is -2.22. The van der Waals surface area contributed by atoms with E-state index in [1.165, 1.54) is 6.42 Å². The van der Waals surface area contributed by atoms with E-state index in [9.17, 15) is 0 Å². The van der Waals surface area contributed by atoms with Crippen LogP contribution in [0.2, 0.25) is 0 Å². The molecule has 0 spiro atoms. The number of nitrogens with zero attached hydrogens (tertiary/aromatic N) is 7. The largest absolute Gasteiger partial charge is 0.368 e. The molecule has 2 aromatic heterocycles. The minimum Gasteiger partial charge on any atom is -0.368 e. The number of likely N-dealkylation sites (tertiary alicyclic amines) is 1. The van der Waals surface area contributed by atoms with Gasteiger partial charge in [0.1, 0.15) is 0 Å². The lowest BCUT2D eigenvalue weighted by Gasteiger charge is -2.35. The third kappa shape index (κ3) is 2.94. The summed E-state index contributed by atoms with van der Waals surface area (Å²) in [5.41, 5.74) is 5.82. The van der Waals surface area contributed by atoms with Crippen LogP contribution in [0, 0.1) is 0 Å². The Morgan fingerprint density at radius 2 is 2.19 bits per heavy atom. The number of rotatable bonds is 3. The van der Waals surface area contributed by atoms with E-state index in [0.717, 1.165) is 19.5 Å². The summed E-state index contributed by atoms with van der Waals surface area (Å²) in [7, 11) is 4.14. The van der Waals surface area contributed by atoms with Gasteiger partial charge >= 0.3 is 0 Å². The molecule has 2 N–H and O–H groups in total. The van der Waals surface area contributed by atoms with Crippen molar-refractivity contribution in [2.24, 2.45) is 0 Å². The summed E-state index contributed by atoms with van der Waals surface area (Å²) >= 11 is 0. The molecule has 1 aliphatic rings. The standard InChI is InChI=1S/C13H20N8/c1-19-7-3-5-10(9-19)20(2)12-16-11(14)17-13(18-12)21-8-4-6-15-21/h4,6,8,10H,3,5,7,9H2,1-2H3,(H2,14,16,17,18). The van der Waals surface area contributed by atoms with Crippen LogP contribution in [0.25, 0.3) is 5.95 Å². The van der Waals surface area contributed by atoms with Gasteiger partial charge in [-0.2, -0.15) is 20.1 Å². The van der Waals surface area contributed by atoms with Crippen LogP contribution in [0.5, 0.6) is 0 Å². The van der Waals surface area contributed by atoms with Gasteiger partial charge in [0, 0.05) is 32.0 Å². The molecular formula is C13H20N8. The zero-order valence-corrected chi connectivity index (χ0v) is 12.3. The first-order valence-electron chi connectivity index (χ1n) is 7.06. The maximum absolute atomic E-state index is 5.82. The second kappa shape index (κ2) is 5.65. The van der Waals surface area contributed by atoms with Crippen molar-refractivity contribution in [3.8, 4) is 5.95 Å². The van der Waals surface area contributed by atoms with Crippen LogP contribution in [-0.4, -0.2) is 62.9 Å². The van der Waals surface area contributed by atoms with E-state index >= 15 is 0 Å². The van der Waals surface area contributed by atoms with Crippen molar-refractivity contribution in [3.05, 3.63) is 18.5 Å². The molecule has 3 rings (SSSR count). The Balaban J connectivity index is 1.87. The van der Waals surface area contributed by atoms with E-state index in [1.54, 1.807) is 17.1 Å². The molecule has 0 aromatic carbocycles. The van der Waals surface area contributed by atoms with Crippen molar-refractivity contribution in [1.82, 2.24) is 29.6 Å². The van der Waals surface area contributed by atoms with E-state index in [0.29, 0.717) is 17.9 Å². The number of anilines is 2. The molecule has 3 heterocycles. The lowest BCUT2D eigenvalue weighted by Crippen LogP contribution is -2.45. The van der Waals surface area contributed by atoms with Crippen LogP contribution in [0.4, 0.5) is 11.9 Å². The van der Waals surface area contributed by atoms with E-state index in [2.05, 4.69) is 36.9 Å². The van der Waals surface area contributed by atoms with Gasteiger partial charge < -0.3 is 15.5 Å². The topological polar surface area (TPSA) is 89.0 Å². The van der Waals surface area contributed by atoms with Crippen molar-refractivity contribution in [2.45, 2.75) is 18.9 Å². The average molecular weight is 288 g/mol. The number of piperidine rings is 1. The predicted molar refractivity (Wildman–Crippen MR) is 80.3 cm³/mol. The molecule has 1 aliphatic heterocycles. The molecule has 0 aliphatic carbocycles. The highest BCUT2D eigenvalue weighted by Gasteiger charge is 2.23. The molecule has 1 unspecified atom stereocenters. The molecule has 1 fully saturated rings. The highest BCUT2D eigenvalue weighted by molar-refractivity contribution is 5.38. The molecular weight excluding hydrogens is 268 g/mol. The molecule has 2 aromatic rings. The van der Waals surface area contributed by atoms with E-state index in [4.69, 9.17) is 5.73 Å². The average Bonchev–Trinajstić information content (AvgIpc) is 3.00. The van der Waals surface area contributed by atoms with Gasteiger partial charge in [0.2, 0.25) is 11.9 Å². The predicted octanol–water partition coefficient (Wildman–Crippen LogP) is 0.170. The Labute approximate surface area is 123 Å². The second-order valence-electron chi connectivity index (χ2n) is 5.41. The first-order valence-corrected chi connectivity index (χ1v) is 7.06. The number of nitrogen functional groups attached to an aromatic ring is 1. The Morgan fingerprint density at radius 3 is 2.90 bits per heavy atom. The normalized spacial score (nSPS) is 19.6. The SMILES string of the molecule is CN1CCCC(N(C)c2nc(N)nc(-n3cccn3)n2)C1. The fourth-order valence-corrected chi connectivity index (χ4v) is 2.64. The van der Waals surface area contributed by atoms with Crippen LogP contribution < -0.4 is 10.6 Å². The van der Waals surface area contributed by atoms with Crippen molar-refractivity contribution >= 4 is 11.9 Å². The molecule has 0 bridgehead atoms. The maximum atomic E-state index is 5.82. The summed E-state index contributed by atoms with van der Waals surface area (Å²) < 4.78 is 1.59. The minimum absolute atomic E-state index is 0.210. The Morgan fingerprint density at radius 1 is 1.33 bits per heavy atom. The molecule has 21 heavy (non-hydrogen) atoms. The van der Waals surface area contributed by atoms with Gasteiger partial charge in [-0.15, -0.1) is 0 Å². The minimum atomic E-state index is 0.210. The van der Waals surface area contributed by atoms with E-state index < -0.39 is 0 Å². The lowest BCUT2D eigenvalue weighted by molar-refractivity contribution is 0.247. The number of hydrogen-bond acceptors (Lipinski definition) is 7. The summed E-state index contributed by atoms with van der Waals surface area (Å²) in [5, 5.41) is 4.13. The van der Waals surface area contributed by atoms with Gasteiger partial charge in [-0.05, 0) is 32.5 Å². The zero-order chi connectivity index (χ0) is 14.8. The number of aromatic nitrogens is 5. The second-order valence-corrected chi connectivity index (χ2v) is 5.41. The molecule has 112 valence electrons. The summed E-state index contributed by atoms with van der Waals surface area (Å²) in [6.45, 7) is 2.14. The van der Waals surface area contributed by atoms with Crippen LogP contribution >= 0.6 is 0 Å². The monoisotopic (exact) mass is 288 g/mol. The van der Waals surface area contributed by atoms with Crippen LogP contribution in [0.1, 0.15) is 12.8 Å². The van der Waals surface area contributed by atoms with Crippen molar-refractivity contribution < 1.29 is 0 Å². The van der Waals surface area contributed by atoms with Gasteiger partial charge in [-0.1, -0.05) is 0 Å². The summed E-state index contributed by atoms with van der Waals surface area (Å²) in [6.07, 6.45) is 5.77.